The Balaban J connectivity index is 1.79. The molecular formula is C18H15IN6O2S. The molecule has 4 rings (SSSR count). The van der Waals surface area contributed by atoms with Gasteiger partial charge in [0, 0.05) is 42.6 Å². The molecule has 0 spiro atoms. The lowest BCUT2D eigenvalue weighted by molar-refractivity contribution is 0.0847. The second-order valence-corrected chi connectivity index (χ2v) is 10.5. The molecule has 3 aromatic rings. The number of pyridine rings is 1. The number of H-pyrrole nitrogens is 1. The van der Waals surface area contributed by atoms with Gasteiger partial charge < -0.3 is 9.55 Å². The molecule has 0 amide bonds. The third-order valence-electron chi connectivity index (χ3n) is 5.10. The molecule has 142 valence electrons. The molecule has 1 aliphatic rings. The zero-order valence-electron chi connectivity index (χ0n) is 14.6. The van der Waals surface area contributed by atoms with Crippen molar-refractivity contribution in [2.45, 2.75) is 12.0 Å². The largest absolute Gasteiger partial charge is 0.346 e. The number of hydrogen-bond acceptors (Lipinski definition) is 5. The van der Waals surface area contributed by atoms with E-state index in [0.717, 1.165) is 22.2 Å². The quantitative estimate of drug-likeness (QED) is 0.422. The first kappa shape index (κ1) is 18.9. The molecule has 0 atom stereocenters. The molecule has 4 heterocycles. The molecule has 0 radical (unpaired) electrons. The average molecular weight is 506 g/mol. The highest BCUT2D eigenvalue weighted by atomic mass is 127. The predicted molar refractivity (Wildman–Crippen MR) is 112 cm³/mol. The summed E-state index contributed by atoms with van der Waals surface area (Å²) < 4.78 is 27.4. The summed E-state index contributed by atoms with van der Waals surface area (Å²) in [7, 11) is -3.34. The molecule has 0 aliphatic carbocycles. The Morgan fingerprint density at radius 2 is 2.11 bits per heavy atom. The SMILES string of the molecule is N#CCC1(n2cc(-c3ccnc4[nH]ccc34)cc2C#N)CN(S(=O)(=O)CI)C1. The summed E-state index contributed by atoms with van der Waals surface area (Å²) in [5, 5.41) is 19.9. The van der Waals surface area contributed by atoms with Crippen LogP contribution in [0.3, 0.4) is 0 Å². The van der Waals surface area contributed by atoms with Gasteiger partial charge in [-0.25, -0.2) is 13.4 Å². The summed E-state index contributed by atoms with van der Waals surface area (Å²) in [5.74, 6) is 0. The van der Waals surface area contributed by atoms with Crippen LogP contribution in [0.25, 0.3) is 22.2 Å². The molecule has 3 aromatic heterocycles. The highest BCUT2D eigenvalue weighted by Crippen LogP contribution is 2.39. The molecule has 1 N–H and O–H groups in total. The number of halogens is 1. The van der Waals surface area contributed by atoms with Crippen molar-refractivity contribution in [2.75, 3.05) is 16.8 Å². The fourth-order valence-electron chi connectivity index (χ4n) is 3.67. The smallest absolute Gasteiger partial charge is 0.223 e. The van der Waals surface area contributed by atoms with Crippen LogP contribution in [0.1, 0.15) is 12.1 Å². The molecule has 0 bridgehead atoms. The number of nitrogens with one attached hydrogen (secondary N) is 1. The van der Waals surface area contributed by atoms with Crippen LogP contribution >= 0.6 is 22.6 Å². The van der Waals surface area contributed by atoms with E-state index < -0.39 is 15.6 Å². The number of sulfonamides is 1. The van der Waals surface area contributed by atoms with E-state index in [1.54, 1.807) is 23.0 Å². The zero-order chi connectivity index (χ0) is 19.9. The third kappa shape index (κ3) is 2.89. The van der Waals surface area contributed by atoms with Gasteiger partial charge in [0.1, 0.15) is 21.2 Å². The van der Waals surface area contributed by atoms with E-state index in [9.17, 15) is 18.9 Å². The maximum absolute atomic E-state index is 12.2. The third-order valence-corrected chi connectivity index (χ3v) is 8.78. The molecule has 1 fully saturated rings. The number of rotatable bonds is 5. The summed E-state index contributed by atoms with van der Waals surface area (Å²) in [6.07, 6.45) is 5.46. The minimum Gasteiger partial charge on any atom is -0.346 e. The Kier molecular flexibility index (Phi) is 4.65. The number of hydrogen-bond donors (Lipinski definition) is 1. The maximum Gasteiger partial charge on any atom is 0.223 e. The molecular weight excluding hydrogens is 491 g/mol. The van der Waals surface area contributed by atoms with Crippen LogP contribution in [-0.4, -0.2) is 44.1 Å². The Labute approximate surface area is 175 Å². The lowest BCUT2D eigenvalue weighted by atomic mass is 9.88. The standard InChI is InChI=1S/C18H15IN6O2S/c19-12-28(26,27)24-10-18(11-24,3-4-20)25-9-13(7-14(25)8-21)15-1-5-22-17-16(15)2-6-23-17/h1-2,5-7,9H,3,10-12H2,(H,22,23). The maximum atomic E-state index is 12.2. The Morgan fingerprint density at radius 3 is 2.79 bits per heavy atom. The minimum absolute atomic E-state index is 0.0160. The Hall–Kier alpha value is -2.41. The first-order valence-corrected chi connectivity index (χ1v) is 11.5. The van der Waals surface area contributed by atoms with Crippen molar-refractivity contribution in [3.05, 3.63) is 42.5 Å². The molecule has 0 unspecified atom stereocenters. The van der Waals surface area contributed by atoms with Gasteiger partial charge in [-0.3, -0.25) is 0 Å². The van der Waals surface area contributed by atoms with Crippen molar-refractivity contribution in [3.8, 4) is 23.3 Å². The molecule has 0 aromatic carbocycles. The molecule has 1 aliphatic heterocycles. The topological polar surface area (TPSA) is 119 Å². The normalized spacial score (nSPS) is 16.4. The van der Waals surface area contributed by atoms with E-state index in [1.807, 2.05) is 40.9 Å². The van der Waals surface area contributed by atoms with E-state index in [1.165, 1.54) is 4.31 Å². The van der Waals surface area contributed by atoms with Crippen molar-refractivity contribution >= 4 is 43.6 Å². The number of alkyl halides is 1. The van der Waals surface area contributed by atoms with E-state index in [4.69, 9.17) is 0 Å². The van der Waals surface area contributed by atoms with Crippen LogP contribution in [0.2, 0.25) is 0 Å². The summed E-state index contributed by atoms with van der Waals surface area (Å²) >= 11 is 1.82. The van der Waals surface area contributed by atoms with Crippen molar-refractivity contribution in [3.63, 3.8) is 0 Å². The highest BCUT2D eigenvalue weighted by Gasteiger charge is 2.49. The van der Waals surface area contributed by atoms with Gasteiger partial charge >= 0.3 is 0 Å². The number of nitriles is 2. The number of nitrogens with zero attached hydrogens (tertiary/aromatic N) is 5. The van der Waals surface area contributed by atoms with Crippen LogP contribution < -0.4 is 0 Å². The van der Waals surface area contributed by atoms with Crippen molar-refractivity contribution < 1.29 is 8.42 Å². The van der Waals surface area contributed by atoms with Gasteiger partial charge in [-0.2, -0.15) is 14.8 Å². The Bertz CT molecular complexity index is 1240. The van der Waals surface area contributed by atoms with Crippen LogP contribution in [0, 0.1) is 22.7 Å². The van der Waals surface area contributed by atoms with Crippen LogP contribution in [0.15, 0.2) is 36.8 Å². The van der Waals surface area contributed by atoms with Gasteiger partial charge in [-0.15, -0.1) is 0 Å². The second-order valence-electron chi connectivity index (χ2n) is 6.74. The van der Waals surface area contributed by atoms with Gasteiger partial charge in [0.2, 0.25) is 10.0 Å². The minimum atomic E-state index is -3.34. The van der Waals surface area contributed by atoms with Gasteiger partial charge in [-0.1, -0.05) is 22.6 Å². The lowest BCUT2D eigenvalue weighted by Crippen LogP contribution is -2.64. The molecule has 28 heavy (non-hydrogen) atoms. The van der Waals surface area contributed by atoms with Crippen LogP contribution in [0.5, 0.6) is 0 Å². The monoisotopic (exact) mass is 506 g/mol. The van der Waals surface area contributed by atoms with Crippen LogP contribution in [-0.2, 0) is 15.6 Å². The summed E-state index contributed by atoms with van der Waals surface area (Å²) in [5.41, 5.74) is 2.16. The fraction of sp³-hybridized carbons (Fsp3) is 0.278. The van der Waals surface area contributed by atoms with Crippen molar-refractivity contribution in [1.82, 2.24) is 18.8 Å². The van der Waals surface area contributed by atoms with E-state index in [0.29, 0.717) is 5.69 Å². The summed E-state index contributed by atoms with van der Waals surface area (Å²) in [4.78, 5) is 7.35. The Morgan fingerprint density at radius 1 is 1.32 bits per heavy atom. The van der Waals surface area contributed by atoms with Gasteiger partial charge in [0.15, 0.2) is 0 Å². The van der Waals surface area contributed by atoms with E-state index in [-0.39, 0.29) is 23.3 Å². The highest BCUT2D eigenvalue weighted by molar-refractivity contribution is 14.1. The van der Waals surface area contributed by atoms with E-state index in [2.05, 4.69) is 22.1 Å². The summed E-state index contributed by atoms with van der Waals surface area (Å²) in [6.45, 7) is 0.370. The fourth-order valence-corrected chi connectivity index (χ4v) is 5.87. The van der Waals surface area contributed by atoms with Crippen molar-refractivity contribution in [2.24, 2.45) is 0 Å². The zero-order valence-corrected chi connectivity index (χ0v) is 17.6. The molecule has 10 heteroatoms. The summed E-state index contributed by atoms with van der Waals surface area (Å²) in [6, 6.07) is 9.92. The van der Waals surface area contributed by atoms with Gasteiger partial charge in [-0.05, 0) is 23.8 Å². The second kappa shape index (κ2) is 6.88. The molecule has 8 nitrogen and oxygen atoms in total. The van der Waals surface area contributed by atoms with Gasteiger partial charge in [0.05, 0.1) is 18.0 Å². The van der Waals surface area contributed by atoms with Crippen LogP contribution in [0.4, 0.5) is 0 Å². The molecule has 1 saturated heterocycles. The number of aromatic nitrogens is 3. The predicted octanol–water partition coefficient (Wildman–Crippen LogP) is 2.55. The molecule has 0 saturated carbocycles. The average Bonchev–Trinajstić information content (AvgIpc) is 3.30. The first-order chi connectivity index (χ1) is 13.4. The van der Waals surface area contributed by atoms with Gasteiger partial charge in [0.25, 0.3) is 0 Å². The number of fused-ring (bicyclic) bond motifs is 1. The first-order valence-electron chi connectivity index (χ1n) is 8.40. The van der Waals surface area contributed by atoms with Crippen molar-refractivity contribution in [1.29, 1.82) is 10.5 Å². The lowest BCUT2D eigenvalue weighted by Gasteiger charge is -2.49. The van der Waals surface area contributed by atoms with E-state index >= 15 is 0 Å². The number of aromatic amines is 1.